The van der Waals surface area contributed by atoms with Crippen LogP contribution in [0.4, 0.5) is 5.69 Å². The average Bonchev–Trinajstić information content (AvgIpc) is 2.76. The summed E-state index contributed by atoms with van der Waals surface area (Å²) in [4.78, 5) is 2.30. The van der Waals surface area contributed by atoms with Crippen molar-refractivity contribution in [1.82, 2.24) is 5.32 Å². The summed E-state index contributed by atoms with van der Waals surface area (Å²) in [6, 6.07) is 6.69. The zero-order valence-corrected chi connectivity index (χ0v) is 12.1. The first-order chi connectivity index (χ1) is 8.70. The van der Waals surface area contributed by atoms with Gasteiger partial charge in [0, 0.05) is 54.7 Å². The first-order valence-electron chi connectivity index (χ1n) is 6.59. The third-order valence-electron chi connectivity index (χ3n) is 3.43. The van der Waals surface area contributed by atoms with Crippen molar-refractivity contribution in [3.8, 4) is 0 Å². The molecule has 4 heteroatoms. The maximum Gasteiger partial charge on any atom is 0.0397 e. The SMILES string of the molecule is CCS(=O)CCNCc1ccc2c(c1)CCN2C. The molecule has 0 spiro atoms. The number of anilines is 1. The van der Waals surface area contributed by atoms with E-state index >= 15 is 0 Å². The molecule has 18 heavy (non-hydrogen) atoms. The molecule has 1 heterocycles. The summed E-state index contributed by atoms with van der Waals surface area (Å²) < 4.78 is 11.3. The van der Waals surface area contributed by atoms with Crippen molar-refractivity contribution < 1.29 is 4.21 Å². The highest BCUT2D eigenvalue weighted by Crippen LogP contribution is 2.27. The van der Waals surface area contributed by atoms with E-state index in [1.54, 1.807) is 0 Å². The van der Waals surface area contributed by atoms with Crippen molar-refractivity contribution in [2.75, 3.05) is 36.5 Å². The van der Waals surface area contributed by atoms with Crippen LogP contribution in [0, 0.1) is 0 Å². The predicted molar refractivity (Wildman–Crippen MR) is 78.7 cm³/mol. The lowest BCUT2D eigenvalue weighted by atomic mass is 10.1. The lowest BCUT2D eigenvalue weighted by Gasteiger charge is -2.12. The molecule has 0 saturated heterocycles. The Balaban J connectivity index is 1.82. The average molecular weight is 266 g/mol. The summed E-state index contributed by atoms with van der Waals surface area (Å²) in [5, 5.41) is 3.36. The molecule has 0 bridgehead atoms. The lowest BCUT2D eigenvalue weighted by Crippen LogP contribution is -2.20. The van der Waals surface area contributed by atoms with E-state index in [4.69, 9.17) is 0 Å². The molecule has 1 N–H and O–H groups in total. The fourth-order valence-corrected chi connectivity index (χ4v) is 2.95. The van der Waals surface area contributed by atoms with Crippen LogP contribution in [0.25, 0.3) is 0 Å². The summed E-state index contributed by atoms with van der Waals surface area (Å²) in [5.74, 6) is 1.51. The Kier molecular flexibility index (Phi) is 4.78. The van der Waals surface area contributed by atoms with Gasteiger partial charge in [-0.1, -0.05) is 19.1 Å². The van der Waals surface area contributed by atoms with E-state index in [0.29, 0.717) is 0 Å². The molecule has 2 rings (SSSR count). The van der Waals surface area contributed by atoms with Gasteiger partial charge < -0.3 is 10.2 Å². The standard InChI is InChI=1S/C14H22N2OS/c1-3-18(17)9-7-15-11-12-4-5-14-13(10-12)6-8-16(14)2/h4-5,10,15H,3,6-9,11H2,1-2H3. The minimum absolute atomic E-state index is 0.658. The van der Waals surface area contributed by atoms with E-state index < -0.39 is 10.8 Å². The van der Waals surface area contributed by atoms with Gasteiger partial charge in [0.05, 0.1) is 0 Å². The summed E-state index contributed by atoms with van der Waals surface area (Å²) in [7, 11) is 1.48. The Morgan fingerprint density at radius 3 is 3.06 bits per heavy atom. The molecule has 0 radical (unpaired) electrons. The summed E-state index contributed by atoms with van der Waals surface area (Å²) in [6.07, 6.45) is 1.15. The van der Waals surface area contributed by atoms with E-state index in [0.717, 1.165) is 37.6 Å². The molecule has 0 saturated carbocycles. The van der Waals surface area contributed by atoms with Gasteiger partial charge in [0.2, 0.25) is 0 Å². The molecule has 3 nitrogen and oxygen atoms in total. The smallest absolute Gasteiger partial charge is 0.0397 e. The molecule has 1 aromatic rings. The van der Waals surface area contributed by atoms with Gasteiger partial charge in [0.25, 0.3) is 0 Å². The van der Waals surface area contributed by atoms with Crippen LogP contribution in [0.2, 0.25) is 0 Å². The Bertz CT molecular complexity index is 434. The van der Waals surface area contributed by atoms with Crippen LogP contribution >= 0.6 is 0 Å². The van der Waals surface area contributed by atoms with Crippen LogP contribution in [0.1, 0.15) is 18.1 Å². The molecule has 1 aromatic carbocycles. The van der Waals surface area contributed by atoms with Gasteiger partial charge >= 0.3 is 0 Å². The van der Waals surface area contributed by atoms with E-state index in [2.05, 4.69) is 35.5 Å². The molecule has 0 fully saturated rings. The van der Waals surface area contributed by atoms with E-state index in [9.17, 15) is 4.21 Å². The fraction of sp³-hybridized carbons (Fsp3) is 0.571. The van der Waals surface area contributed by atoms with Crippen molar-refractivity contribution >= 4 is 16.5 Å². The molecule has 0 aromatic heterocycles. The van der Waals surface area contributed by atoms with Crippen LogP contribution in [0.5, 0.6) is 0 Å². The van der Waals surface area contributed by atoms with Gasteiger partial charge in [0.1, 0.15) is 0 Å². The number of benzene rings is 1. The van der Waals surface area contributed by atoms with Crippen molar-refractivity contribution in [2.24, 2.45) is 0 Å². The predicted octanol–water partition coefficient (Wildman–Crippen LogP) is 1.54. The van der Waals surface area contributed by atoms with Crippen LogP contribution < -0.4 is 10.2 Å². The maximum atomic E-state index is 11.3. The second-order valence-corrected chi connectivity index (χ2v) is 6.61. The number of hydrogen-bond acceptors (Lipinski definition) is 3. The minimum atomic E-state index is -0.658. The zero-order valence-electron chi connectivity index (χ0n) is 11.2. The minimum Gasteiger partial charge on any atom is -0.374 e. The number of rotatable bonds is 6. The Morgan fingerprint density at radius 2 is 2.28 bits per heavy atom. The molecular weight excluding hydrogens is 244 g/mol. The van der Waals surface area contributed by atoms with Gasteiger partial charge in [-0.05, 0) is 23.6 Å². The van der Waals surface area contributed by atoms with Crippen molar-refractivity contribution in [3.05, 3.63) is 29.3 Å². The molecule has 1 aliphatic heterocycles. The highest BCUT2D eigenvalue weighted by Gasteiger charge is 2.15. The highest BCUT2D eigenvalue weighted by atomic mass is 32.2. The second kappa shape index (κ2) is 6.34. The van der Waals surface area contributed by atoms with E-state index in [1.807, 2.05) is 6.92 Å². The molecule has 0 aliphatic carbocycles. The van der Waals surface area contributed by atoms with Crippen LogP contribution in [-0.4, -0.2) is 35.9 Å². The number of hydrogen-bond donors (Lipinski definition) is 1. The first kappa shape index (κ1) is 13.6. The molecule has 100 valence electrons. The fourth-order valence-electron chi connectivity index (χ4n) is 2.29. The van der Waals surface area contributed by atoms with Crippen molar-refractivity contribution in [1.29, 1.82) is 0 Å². The first-order valence-corrected chi connectivity index (χ1v) is 8.08. The Labute approximate surface area is 112 Å². The molecular formula is C14H22N2OS. The number of likely N-dealkylation sites (N-methyl/N-ethyl adjacent to an activating group) is 1. The molecule has 1 aliphatic rings. The third-order valence-corrected chi connectivity index (χ3v) is 4.73. The topological polar surface area (TPSA) is 32.3 Å². The summed E-state index contributed by atoms with van der Waals surface area (Å²) >= 11 is 0. The zero-order chi connectivity index (χ0) is 13.0. The Hall–Kier alpha value is -0.870. The number of nitrogens with one attached hydrogen (secondary N) is 1. The normalized spacial score (nSPS) is 15.8. The van der Waals surface area contributed by atoms with Gasteiger partial charge in [-0.3, -0.25) is 4.21 Å². The Morgan fingerprint density at radius 1 is 1.44 bits per heavy atom. The maximum absolute atomic E-state index is 11.3. The van der Waals surface area contributed by atoms with Crippen LogP contribution in [0.3, 0.4) is 0 Å². The van der Waals surface area contributed by atoms with Crippen LogP contribution in [0.15, 0.2) is 18.2 Å². The largest absolute Gasteiger partial charge is 0.374 e. The van der Waals surface area contributed by atoms with E-state index in [-0.39, 0.29) is 0 Å². The summed E-state index contributed by atoms with van der Waals surface area (Å²) in [6.45, 7) is 4.80. The van der Waals surface area contributed by atoms with Crippen molar-refractivity contribution in [3.63, 3.8) is 0 Å². The van der Waals surface area contributed by atoms with Gasteiger partial charge in [-0.2, -0.15) is 0 Å². The molecule has 0 amide bonds. The van der Waals surface area contributed by atoms with Crippen molar-refractivity contribution in [2.45, 2.75) is 19.9 Å². The van der Waals surface area contributed by atoms with Crippen LogP contribution in [-0.2, 0) is 23.8 Å². The summed E-state index contributed by atoms with van der Waals surface area (Å²) in [5.41, 5.74) is 4.14. The third kappa shape index (κ3) is 3.33. The molecule has 1 unspecified atom stereocenters. The van der Waals surface area contributed by atoms with Gasteiger partial charge in [-0.15, -0.1) is 0 Å². The quantitative estimate of drug-likeness (QED) is 0.793. The molecule has 1 atom stereocenters. The lowest BCUT2D eigenvalue weighted by molar-refractivity contribution is 0.674. The number of nitrogens with zero attached hydrogens (tertiary/aromatic N) is 1. The van der Waals surface area contributed by atoms with Gasteiger partial charge in [0.15, 0.2) is 0 Å². The second-order valence-electron chi connectivity index (χ2n) is 4.74. The monoisotopic (exact) mass is 266 g/mol. The van der Waals surface area contributed by atoms with E-state index in [1.165, 1.54) is 16.8 Å². The van der Waals surface area contributed by atoms with Gasteiger partial charge in [-0.25, -0.2) is 0 Å². The number of fused-ring (bicyclic) bond motifs is 1. The highest BCUT2D eigenvalue weighted by molar-refractivity contribution is 7.84.